The number of fused-ring (bicyclic) bond motifs is 1. The van der Waals surface area contributed by atoms with Crippen LogP contribution in [-0.4, -0.2) is 30.2 Å². The molecule has 0 saturated heterocycles. The molecule has 0 bridgehead atoms. The van der Waals surface area contributed by atoms with Gasteiger partial charge in [0.05, 0.1) is 21.4 Å². The van der Waals surface area contributed by atoms with E-state index < -0.39 is 33.0 Å². The first-order valence-electron chi connectivity index (χ1n) is 12.9. The number of hydrogen-bond donors (Lipinski definition) is 2. The van der Waals surface area contributed by atoms with Crippen molar-refractivity contribution in [2.75, 3.05) is 16.0 Å². The molecule has 4 aromatic rings. The molecule has 1 unspecified atom stereocenters. The predicted molar refractivity (Wildman–Crippen MR) is 155 cm³/mol. The van der Waals surface area contributed by atoms with Crippen LogP contribution in [0.4, 0.5) is 15.8 Å². The lowest BCUT2D eigenvalue weighted by atomic mass is 9.88. The minimum atomic E-state index is -4.08. The number of oxazole rings is 1. The summed E-state index contributed by atoms with van der Waals surface area (Å²) >= 11 is 6.20. The van der Waals surface area contributed by atoms with Crippen molar-refractivity contribution < 1.29 is 31.9 Å². The Morgan fingerprint density at radius 3 is 2.69 bits per heavy atom. The first kappa shape index (κ1) is 27.8. The van der Waals surface area contributed by atoms with E-state index in [1.54, 1.807) is 38.1 Å². The monoisotopic (exact) mass is 609 g/mol. The van der Waals surface area contributed by atoms with Gasteiger partial charge in [-0.3, -0.25) is 9.69 Å². The van der Waals surface area contributed by atoms with Crippen molar-refractivity contribution in [2.45, 2.75) is 26.3 Å². The summed E-state index contributed by atoms with van der Waals surface area (Å²) in [7, 11) is -4.08. The number of aromatic hydroxyl groups is 1. The lowest BCUT2D eigenvalue weighted by molar-refractivity contribution is 0.0975. The van der Waals surface area contributed by atoms with Gasteiger partial charge in [-0.1, -0.05) is 43.6 Å². The summed E-state index contributed by atoms with van der Waals surface area (Å²) in [4.78, 5) is 19.0. The number of phenolic OH excluding ortho intramolecular Hbond substituents is 1. The number of hydrogen-bond acceptors (Lipinski definition) is 8. The van der Waals surface area contributed by atoms with Crippen molar-refractivity contribution in [3.63, 3.8) is 0 Å². The maximum atomic E-state index is 16.2. The molecule has 9 nitrogen and oxygen atoms in total. The van der Waals surface area contributed by atoms with Gasteiger partial charge in [-0.15, -0.1) is 0 Å². The van der Waals surface area contributed by atoms with E-state index in [9.17, 15) is 18.3 Å². The van der Waals surface area contributed by atoms with Crippen molar-refractivity contribution in [1.29, 1.82) is 0 Å². The highest BCUT2D eigenvalue weighted by molar-refractivity contribution is 7.95. The van der Waals surface area contributed by atoms with Crippen molar-refractivity contribution in [3.8, 4) is 17.2 Å². The Bertz CT molecular complexity index is 1860. The number of benzene rings is 3. The Labute approximate surface area is 246 Å². The second kappa shape index (κ2) is 10.2. The smallest absolute Gasteiger partial charge is 0.281 e. The minimum Gasteiger partial charge on any atom is -0.506 e. The topological polar surface area (TPSA) is 122 Å². The molecule has 1 aromatic heterocycles. The molecule has 1 amide bonds. The molecule has 0 spiro atoms. The number of amides is 1. The Hall–Kier alpha value is -4.35. The van der Waals surface area contributed by atoms with Crippen molar-refractivity contribution in [2.24, 2.45) is 5.41 Å². The highest BCUT2D eigenvalue weighted by Crippen LogP contribution is 2.52. The maximum Gasteiger partial charge on any atom is 0.281 e. The molecule has 42 heavy (non-hydrogen) atoms. The van der Waals surface area contributed by atoms with Crippen LogP contribution >= 0.6 is 11.6 Å². The quantitative estimate of drug-likeness (QED) is 0.241. The Morgan fingerprint density at radius 1 is 1.19 bits per heavy atom. The number of ether oxygens (including phenoxy) is 1. The third-order valence-corrected chi connectivity index (χ3v) is 9.75. The van der Waals surface area contributed by atoms with Gasteiger partial charge in [0, 0.05) is 17.3 Å². The summed E-state index contributed by atoms with van der Waals surface area (Å²) in [6, 6.07) is 13.7. The zero-order chi connectivity index (χ0) is 29.8. The van der Waals surface area contributed by atoms with Crippen LogP contribution in [0.3, 0.4) is 0 Å². The summed E-state index contributed by atoms with van der Waals surface area (Å²) in [5.74, 6) is -1.61. The van der Waals surface area contributed by atoms with Crippen LogP contribution in [0.5, 0.6) is 17.2 Å². The lowest BCUT2D eigenvalue weighted by Crippen LogP contribution is -2.41. The predicted octanol–water partition coefficient (Wildman–Crippen LogP) is 6.83. The summed E-state index contributed by atoms with van der Waals surface area (Å²) in [5.41, 5.74) is -0.429. The molecule has 3 heterocycles. The lowest BCUT2D eigenvalue weighted by Gasteiger charge is -2.37. The van der Waals surface area contributed by atoms with Gasteiger partial charge in [0.15, 0.2) is 21.9 Å². The molecule has 2 N–H and O–H groups in total. The molecule has 216 valence electrons. The SMILES string of the molecule is CC1(C)CC2=C(C(c3ccc(Oc4ccccc4Cl)cc3F)N(C(=O)c3cocn3)c3cccc(O)c3N2)S(=O)(=O)C1. The first-order valence-corrected chi connectivity index (χ1v) is 15.0. The van der Waals surface area contributed by atoms with Crippen LogP contribution in [0.25, 0.3) is 0 Å². The number of carbonyl (C=O) groups excluding carboxylic acids is 1. The second-order valence-corrected chi connectivity index (χ2v) is 13.3. The van der Waals surface area contributed by atoms with E-state index in [-0.39, 0.29) is 56.9 Å². The molecular formula is C30H25ClFN3O6S. The Kier molecular flexibility index (Phi) is 6.74. The van der Waals surface area contributed by atoms with Crippen LogP contribution in [-0.2, 0) is 9.84 Å². The number of phenols is 1. The van der Waals surface area contributed by atoms with Crippen molar-refractivity contribution in [3.05, 3.63) is 106 Å². The second-order valence-electron chi connectivity index (χ2n) is 10.9. The third kappa shape index (κ3) is 4.88. The number of carbonyl (C=O) groups is 1. The van der Waals surface area contributed by atoms with Crippen LogP contribution in [0.1, 0.15) is 42.4 Å². The highest BCUT2D eigenvalue weighted by Gasteiger charge is 2.48. The van der Waals surface area contributed by atoms with Gasteiger partial charge in [0.25, 0.3) is 5.91 Å². The zero-order valence-corrected chi connectivity index (χ0v) is 24.0. The minimum absolute atomic E-state index is 0.105. The molecular weight excluding hydrogens is 585 g/mol. The normalized spacial score (nSPS) is 18.9. The average Bonchev–Trinajstić information content (AvgIpc) is 3.40. The van der Waals surface area contributed by atoms with E-state index in [1.807, 2.05) is 0 Å². The van der Waals surface area contributed by atoms with E-state index in [0.717, 1.165) is 23.6 Å². The van der Waals surface area contributed by atoms with E-state index in [1.165, 1.54) is 30.3 Å². The fraction of sp³-hybridized carbons (Fsp3) is 0.200. The van der Waals surface area contributed by atoms with Gasteiger partial charge in [-0.25, -0.2) is 17.8 Å². The Balaban J connectivity index is 1.60. The summed E-state index contributed by atoms with van der Waals surface area (Å²) in [6.45, 7) is 3.61. The van der Waals surface area contributed by atoms with Crippen LogP contribution in [0.15, 0.2) is 88.3 Å². The van der Waals surface area contributed by atoms with Crippen molar-refractivity contribution in [1.82, 2.24) is 4.98 Å². The van der Waals surface area contributed by atoms with Gasteiger partial charge >= 0.3 is 0 Å². The molecule has 6 rings (SSSR count). The largest absolute Gasteiger partial charge is 0.506 e. The highest BCUT2D eigenvalue weighted by atomic mass is 35.5. The van der Waals surface area contributed by atoms with Gasteiger partial charge in [-0.2, -0.15) is 0 Å². The van der Waals surface area contributed by atoms with Gasteiger partial charge in [0.2, 0.25) is 0 Å². The van der Waals surface area contributed by atoms with Crippen LogP contribution in [0.2, 0.25) is 5.02 Å². The summed E-state index contributed by atoms with van der Waals surface area (Å²) in [5, 5.41) is 14.3. The molecule has 0 fully saturated rings. The number of aromatic nitrogens is 1. The number of rotatable bonds is 4. The zero-order valence-electron chi connectivity index (χ0n) is 22.5. The van der Waals surface area contributed by atoms with Gasteiger partial charge < -0.3 is 19.6 Å². The number of anilines is 2. The van der Waals surface area contributed by atoms with Crippen LogP contribution in [0, 0.1) is 11.2 Å². The third-order valence-electron chi connectivity index (χ3n) is 7.13. The molecule has 0 saturated carbocycles. The average molecular weight is 610 g/mol. The van der Waals surface area contributed by atoms with E-state index in [0.29, 0.717) is 10.8 Å². The first-order chi connectivity index (χ1) is 19.9. The molecule has 0 radical (unpaired) electrons. The standard InChI is InChI=1S/C30H25ClFN3O6S/c1-30(2)13-21-28(42(38,39)15-30)27(18-11-10-17(12-20(18)32)41-25-9-4-3-6-19(25)31)35(29(37)22-14-40-16-33-22)23-7-5-8-24(36)26(23)34-21/h3-12,14,16,27,34,36H,13,15H2,1-2H3. The number of halogens is 2. The van der Waals surface area contributed by atoms with Crippen molar-refractivity contribution >= 4 is 38.7 Å². The summed E-state index contributed by atoms with van der Waals surface area (Å²) in [6.07, 6.45) is 2.44. The molecule has 2 aliphatic rings. The number of nitrogens with one attached hydrogen (secondary N) is 1. The molecule has 3 aromatic carbocycles. The number of sulfone groups is 1. The van der Waals surface area contributed by atoms with E-state index >= 15 is 4.39 Å². The van der Waals surface area contributed by atoms with Gasteiger partial charge in [0.1, 0.15) is 41.1 Å². The maximum absolute atomic E-state index is 16.2. The molecule has 1 atom stereocenters. The number of allylic oxidation sites excluding steroid dienone is 1. The molecule has 2 aliphatic heterocycles. The van der Waals surface area contributed by atoms with E-state index in [4.69, 9.17) is 20.8 Å². The fourth-order valence-corrected chi connectivity index (χ4v) is 8.03. The number of nitrogens with zero attached hydrogens (tertiary/aromatic N) is 2. The van der Waals surface area contributed by atoms with Gasteiger partial charge in [-0.05, 0) is 48.2 Å². The fourth-order valence-electron chi connectivity index (χ4n) is 5.50. The summed E-state index contributed by atoms with van der Waals surface area (Å²) < 4.78 is 55.1. The Morgan fingerprint density at radius 2 is 1.98 bits per heavy atom. The van der Waals surface area contributed by atoms with Crippen LogP contribution < -0.4 is 15.0 Å². The molecule has 0 aliphatic carbocycles. The van der Waals surface area contributed by atoms with E-state index in [2.05, 4.69) is 10.3 Å². The number of para-hydroxylation sites is 2. The molecule has 12 heteroatoms.